The first kappa shape index (κ1) is 12.6. The minimum absolute atomic E-state index is 0.0270. The third-order valence-corrected chi connectivity index (χ3v) is 2.72. The summed E-state index contributed by atoms with van der Waals surface area (Å²) in [5, 5.41) is 11.4. The minimum Gasteiger partial charge on any atom is -0.480 e. The number of nitro groups is 1. The second kappa shape index (κ2) is 4.82. The minimum atomic E-state index is -0.515. The van der Waals surface area contributed by atoms with Crippen molar-refractivity contribution < 1.29 is 9.66 Å². The summed E-state index contributed by atoms with van der Waals surface area (Å²) < 4.78 is 6.61. The molecule has 6 heteroatoms. The molecular weight excluding hydrogens is 248 g/mol. The van der Waals surface area contributed by atoms with Crippen LogP contribution in [0.5, 0.6) is 5.75 Å². The molecule has 1 aromatic carbocycles. The average molecular weight is 258 g/mol. The molecule has 0 saturated heterocycles. The number of hydrogen-bond donors (Lipinski definition) is 0. The second-order valence-corrected chi connectivity index (χ2v) is 3.86. The molecule has 2 aromatic rings. The highest BCUT2D eigenvalue weighted by atomic mass is 16.6. The lowest BCUT2D eigenvalue weighted by Gasteiger charge is -2.09. The maximum atomic E-state index is 11.8. The Morgan fingerprint density at radius 2 is 2.21 bits per heavy atom. The van der Waals surface area contributed by atoms with E-state index in [0.29, 0.717) is 16.7 Å². The summed E-state index contributed by atoms with van der Waals surface area (Å²) >= 11 is 0. The zero-order valence-electron chi connectivity index (χ0n) is 10.1. The van der Waals surface area contributed by atoms with Crippen LogP contribution in [-0.2, 0) is 7.05 Å². The van der Waals surface area contributed by atoms with Crippen molar-refractivity contribution in [3.8, 4) is 18.1 Å². The topological polar surface area (TPSA) is 74.4 Å². The molecule has 0 atom stereocenters. The predicted octanol–water partition coefficient (Wildman–Crippen LogP) is 1.46. The molecule has 0 aliphatic carbocycles. The van der Waals surface area contributed by atoms with Gasteiger partial charge in [0, 0.05) is 30.6 Å². The van der Waals surface area contributed by atoms with Crippen LogP contribution in [0.15, 0.2) is 29.1 Å². The van der Waals surface area contributed by atoms with Crippen molar-refractivity contribution in [2.75, 3.05) is 6.61 Å². The molecule has 0 spiro atoms. The van der Waals surface area contributed by atoms with Gasteiger partial charge >= 0.3 is 0 Å². The number of aromatic nitrogens is 1. The summed E-state index contributed by atoms with van der Waals surface area (Å²) in [6, 6.07) is 5.54. The summed E-state index contributed by atoms with van der Waals surface area (Å²) in [7, 11) is 1.54. The number of aryl methyl sites for hydroxylation is 1. The van der Waals surface area contributed by atoms with Gasteiger partial charge in [0.25, 0.3) is 11.2 Å². The Balaban J connectivity index is 2.74. The number of fused-ring (bicyclic) bond motifs is 1. The Labute approximate surface area is 108 Å². The van der Waals surface area contributed by atoms with Crippen molar-refractivity contribution >= 4 is 16.6 Å². The first-order chi connectivity index (χ1) is 9.04. The smallest absolute Gasteiger partial charge is 0.271 e. The highest BCUT2D eigenvalue weighted by Gasteiger charge is 2.12. The zero-order chi connectivity index (χ0) is 14.0. The number of pyridine rings is 1. The van der Waals surface area contributed by atoms with Crippen LogP contribution in [0, 0.1) is 22.5 Å². The van der Waals surface area contributed by atoms with Gasteiger partial charge in [-0.05, 0) is 6.07 Å². The van der Waals surface area contributed by atoms with Crippen molar-refractivity contribution in [1.29, 1.82) is 0 Å². The first-order valence-corrected chi connectivity index (χ1v) is 5.39. The molecule has 0 amide bonds. The normalized spacial score (nSPS) is 10.1. The second-order valence-electron chi connectivity index (χ2n) is 3.86. The van der Waals surface area contributed by atoms with Gasteiger partial charge in [-0.2, -0.15) is 0 Å². The van der Waals surface area contributed by atoms with Crippen molar-refractivity contribution in [3.05, 3.63) is 44.7 Å². The highest BCUT2D eigenvalue weighted by Crippen LogP contribution is 2.26. The number of hydrogen-bond acceptors (Lipinski definition) is 4. The van der Waals surface area contributed by atoms with E-state index < -0.39 is 4.92 Å². The number of nitro benzene ring substituents is 1. The quantitative estimate of drug-likeness (QED) is 0.474. The highest BCUT2D eigenvalue weighted by molar-refractivity contribution is 5.87. The molecule has 1 aromatic heterocycles. The molecule has 19 heavy (non-hydrogen) atoms. The monoisotopic (exact) mass is 258 g/mol. The summed E-state index contributed by atoms with van der Waals surface area (Å²) in [6.07, 6.45) is 5.10. The molecule has 0 aliphatic rings. The Hall–Kier alpha value is -2.81. The molecule has 0 fully saturated rings. The van der Waals surface area contributed by atoms with Crippen molar-refractivity contribution in [3.63, 3.8) is 0 Å². The molecule has 96 valence electrons. The van der Waals surface area contributed by atoms with E-state index in [9.17, 15) is 14.9 Å². The van der Waals surface area contributed by atoms with Gasteiger partial charge < -0.3 is 9.30 Å². The number of non-ortho nitro benzene ring substituents is 1. The van der Waals surface area contributed by atoms with Gasteiger partial charge in [-0.25, -0.2) is 0 Å². The summed E-state index contributed by atoms with van der Waals surface area (Å²) in [4.78, 5) is 22.0. The third kappa shape index (κ3) is 2.26. The molecule has 0 radical (unpaired) electrons. The summed E-state index contributed by atoms with van der Waals surface area (Å²) in [6.45, 7) is 0.0270. The van der Waals surface area contributed by atoms with Gasteiger partial charge in [0.1, 0.15) is 12.4 Å². The van der Waals surface area contributed by atoms with E-state index in [1.54, 1.807) is 13.1 Å². The average Bonchev–Trinajstić information content (AvgIpc) is 2.40. The molecule has 0 N–H and O–H groups in total. The van der Waals surface area contributed by atoms with Crippen LogP contribution >= 0.6 is 0 Å². The number of rotatable bonds is 3. The summed E-state index contributed by atoms with van der Waals surface area (Å²) in [5.74, 6) is 2.63. The van der Waals surface area contributed by atoms with Gasteiger partial charge in [0.05, 0.1) is 10.4 Å². The van der Waals surface area contributed by atoms with Gasteiger partial charge in [0.15, 0.2) is 0 Å². The van der Waals surface area contributed by atoms with Crippen molar-refractivity contribution in [2.24, 2.45) is 7.05 Å². The van der Waals surface area contributed by atoms with Gasteiger partial charge in [-0.3, -0.25) is 14.9 Å². The zero-order valence-corrected chi connectivity index (χ0v) is 10.1. The lowest BCUT2D eigenvalue weighted by molar-refractivity contribution is -0.384. The van der Waals surface area contributed by atoms with Crippen LogP contribution in [0.4, 0.5) is 5.69 Å². The van der Waals surface area contributed by atoms with Crippen LogP contribution in [0.1, 0.15) is 0 Å². The Morgan fingerprint density at radius 1 is 1.47 bits per heavy atom. The van der Waals surface area contributed by atoms with Gasteiger partial charge in [-0.1, -0.05) is 5.92 Å². The SMILES string of the molecule is C#CCOc1cc(=O)n(C)c2cc([N+](=O)[O-])ccc12. The Morgan fingerprint density at radius 3 is 2.84 bits per heavy atom. The molecule has 2 rings (SSSR count). The molecule has 0 aliphatic heterocycles. The number of nitrogens with zero attached hydrogens (tertiary/aromatic N) is 2. The predicted molar refractivity (Wildman–Crippen MR) is 70.2 cm³/mol. The van der Waals surface area contributed by atoms with Crippen molar-refractivity contribution in [1.82, 2.24) is 4.57 Å². The van der Waals surface area contributed by atoms with Crippen LogP contribution in [0.25, 0.3) is 10.9 Å². The fourth-order valence-corrected chi connectivity index (χ4v) is 1.76. The van der Waals surface area contributed by atoms with Gasteiger partial charge in [-0.15, -0.1) is 6.42 Å². The fourth-order valence-electron chi connectivity index (χ4n) is 1.76. The Bertz CT molecular complexity index is 756. The maximum Gasteiger partial charge on any atom is 0.271 e. The van der Waals surface area contributed by atoms with E-state index in [2.05, 4.69) is 5.92 Å². The standard InChI is InChI=1S/C13H10N2O4/c1-3-6-19-12-8-13(16)14(2)11-7-9(15(17)18)4-5-10(11)12/h1,4-5,7-8H,6H2,2H3. The summed E-state index contributed by atoms with van der Waals surface area (Å²) in [5.41, 5.74) is 0.0188. The lowest BCUT2D eigenvalue weighted by atomic mass is 10.2. The largest absolute Gasteiger partial charge is 0.480 e. The van der Waals surface area contributed by atoms with Crippen molar-refractivity contribution in [2.45, 2.75) is 0 Å². The molecule has 0 saturated carbocycles. The Kier molecular flexibility index (Phi) is 3.21. The number of benzene rings is 1. The van der Waals surface area contributed by atoms with Crippen LogP contribution in [0.3, 0.4) is 0 Å². The van der Waals surface area contributed by atoms with Crippen LogP contribution < -0.4 is 10.3 Å². The molecule has 1 heterocycles. The number of ether oxygens (including phenoxy) is 1. The van der Waals surface area contributed by atoms with Crippen LogP contribution in [-0.4, -0.2) is 16.1 Å². The van der Waals surface area contributed by atoms with E-state index in [1.165, 1.54) is 22.8 Å². The molecule has 0 unspecified atom stereocenters. The van der Waals surface area contributed by atoms with E-state index in [1.807, 2.05) is 0 Å². The third-order valence-electron chi connectivity index (χ3n) is 2.72. The van der Waals surface area contributed by atoms with E-state index in [0.717, 1.165) is 0 Å². The van der Waals surface area contributed by atoms with E-state index >= 15 is 0 Å². The van der Waals surface area contributed by atoms with E-state index in [4.69, 9.17) is 11.2 Å². The first-order valence-electron chi connectivity index (χ1n) is 5.39. The van der Waals surface area contributed by atoms with E-state index in [-0.39, 0.29) is 17.9 Å². The maximum absolute atomic E-state index is 11.8. The number of terminal acetylenes is 1. The van der Waals surface area contributed by atoms with Gasteiger partial charge in [0.2, 0.25) is 0 Å². The fraction of sp³-hybridized carbons (Fsp3) is 0.154. The molecule has 6 nitrogen and oxygen atoms in total. The van der Waals surface area contributed by atoms with Crippen LogP contribution in [0.2, 0.25) is 0 Å². The molecule has 0 bridgehead atoms. The lowest BCUT2D eigenvalue weighted by Crippen LogP contribution is -2.16. The molecular formula is C13H10N2O4.